The maximum Gasteiger partial charge on any atom is 0.00670 e. The predicted octanol–water partition coefficient (Wildman–Crippen LogP) is 2.52. The van der Waals surface area contributed by atoms with Crippen LogP contribution in [0.5, 0.6) is 0 Å². The van der Waals surface area contributed by atoms with Crippen molar-refractivity contribution in [2.75, 3.05) is 6.54 Å². The fourth-order valence-electron chi connectivity index (χ4n) is 1.74. The average Bonchev–Trinajstić information content (AvgIpc) is 2.28. The van der Waals surface area contributed by atoms with Crippen molar-refractivity contribution in [3.8, 4) is 0 Å². The van der Waals surface area contributed by atoms with Crippen molar-refractivity contribution in [3.05, 3.63) is 6.92 Å². The Morgan fingerprint density at radius 2 is 2.18 bits per heavy atom. The van der Waals surface area contributed by atoms with Gasteiger partial charge >= 0.3 is 0 Å². The first-order valence-electron chi connectivity index (χ1n) is 4.96. The van der Waals surface area contributed by atoms with Crippen molar-refractivity contribution in [2.45, 2.75) is 51.0 Å². The van der Waals surface area contributed by atoms with E-state index in [0.717, 1.165) is 12.5 Å². The molecule has 1 rings (SSSR count). The minimum Gasteiger partial charge on any atom is -0.314 e. The van der Waals surface area contributed by atoms with Crippen molar-refractivity contribution in [1.82, 2.24) is 5.32 Å². The predicted molar refractivity (Wildman–Crippen MR) is 49.5 cm³/mol. The molecule has 0 aliphatic carbocycles. The quantitative estimate of drug-likeness (QED) is 0.658. The molecule has 1 heterocycles. The summed E-state index contributed by atoms with van der Waals surface area (Å²) in [5, 5.41) is 3.59. The number of nitrogens with one attached hydrogen (secondary N) is 1. The van der Waals surface area contributed by atoms with Crippen molar-refractivity contribution in [3.63, 3.8) is 0 Å². The van der Waals surface area contributed by atoms with E-state index in [4.69, 9.17) is 0 Å². The normalized spacial score (nSPS) is 26.5. The Morgan fingerprint density at radius 1 is 1.27 bits per heavy atom. The summed E-state index contributed by atoms with van der Waals surface area (Å²) in [5.74, 6) is 0. The van der Waals surface area contributed by atoms with Crippen molar-refractivity contribution < 1.29 is 0 Å². The van der Waals surface area contributed by atoms with E-state index in [-0.39, 0.29) is 0 Å². The Labute approximate surface area is 70.6 Å². The maximum absolute atomic E-state index is 3.87. The lowest BCUT2D eigenvalue weighted by Crippen LogP contribution is -2.27. The highest BCUT2D eigenvalue weighted by molar-refractivity contribution is 4.70. The molecule has 1 N–H and O–H groups in total. The van der Waals surface area contributed by atoms with Gasteiger partial charge in [0.15, 0.2) is 0 Å². The highest BCUT2D eigenvalue weighted by Crippen LogP contribution is 2.12. The number of hydrogen-bond donors (Lipinski definition) is 1. The summed E-state index contributed by atoms with van der Waals surface area (Å²) in [6.07, 6.45) is 9.34. The van der Waals surface area contributed by atoms with Crippen LogP contribution >= 0.6 is 0 Å². The van der Waals surface area contributed by atoms with Gasteiger partial charge in [-0.15, -0.1) is 0 Å². The van der Waals surface area contributed by atoms with Crippen LogP contribution in [0.15, 0.2) is 0 Å². The van der Waals surface area contributed by atoms with E-state index in [1.165, 1.54) is 45.1 Å². The van der Waals surface area contributed by atoms with Gasteiger partial charge in [-0.25, -0.2) is 0 Å². The van der Waals surface area contributed by atoms with Crippen molar-refractivity contribution in [1.29, 1.82) is 0 Å². The third-order valence-corrected chi connectivity index (χ3v) is 2.46. The first kappa shape index (κ1) is 9.05. The number of rotatable bonds is 3. The van der Waals surface area contributed by atoms with Crippen molar-refractivity contribution >= 4 is 0 Å². The number of hydrogen-bond acceptors (Lipinski definition) is 1. The van der Waals surface area contributed by atoms with E-state index in [9.17, 15) is 0 Å². The van der Waals surface area contributed by atoms with Crippen LogP contribution in [0.25, 0.3) is 0 Å². The van der Waals surface area contributed by atoms with E-state index in [1.807, 2.05) is 0 Å². The molecule has 0 aromatic heterocycles. The van der Waals surface area contributed by atoms with Gasteiger partial charge in [0.25, 0.3) is 0 Å². The molecule has 1 nitrogen and oxygen atoms in total. The van der Waals surface area contributed by atoms with Crippen LogP contribution in [-0.4, -0.2) is 12.6 Å². The second kappa shape index (κ2) is 5.59. The van der Waals surface area contributed by atoms with E-state index in [1.54, 1.807) is 0 Å². The van der Waals surface area contributed by atoms with Crippen LogP contribution in [0, 0.1) is 6.92 Å². The van der Waals surface area contributed by atoms with Gasteiger partial charge in [-0.1, -0.05) is 32.6 Å². The van der Waals surface area contributed by atoms with Crippen LogP contribution in [0.1, 0.15) is 44.9 Å². The molecule has 0 saturated carbocycles. The molecule has 1 aliphatic rings. The zero-order valence-electron chi connectivity index (χ0n) is 7.44. The third kappa shape index (κ3) is 3.76. The fourth-order valence-corrected chi connectivity index (χ4v) is 1.74. The van der Waals surface area contributed by atoms with Gasteiger partial charge in [-0.3, -0.25) is 0 Å². The molecule has 1 aliphatic heterocycles. The Balaban J connectivity index is 2.09. The Morgan fingerprint density at radius 3 is 3.00 bits per heavy atom. The smallest absolute Gasteiger partial charge is 0.00670 e. The lowest BCUT2D eigenvalue weighted by Gasteiger charge is -2.14. The SMILES string of the molecule is [CH2]CCCC1CCCCCN1. The summed E-state index contributed by atoms with van der Waals surface area (Å²) < 4.78 is 0. The molecule has 65 valence electrons. The Bertz CT molecular complexity index is 82.9. The van der Waals surface area contributed by atoms with Crippen LogP contribution in [0.3, 0.4) is 0 Å². The standard InChI is InChI=1S/C10H20N/c1-2-3-7-10-8-5-4-6-9-11-10/h10-11H,1-9H2. The second-order valence-corrected chi connectivity index (χ2v) is 3.50. The summed E-state index contributed by atoms with van der Waals surface area (Å²) in [6, 6.07) is 0.805. The first-order valence-corrected chi connectivity index (χ1v) is 4.96. The van der Waals surface area contributed by atoms with Gasteiger partial charge < -0.3 is 5.32 Å². The molecular weight excluding hydrogens is 134 g/mol. The molecule has 1 radical (unpaired) electrons. The van der Waals surface area contributed by atoms with E-state index >= 15 is 0 Å². The van der Waals surface area contributed by atoms with Gasteiger partial charge in [0.2, 0.25) is 0 Å². The van der Waals surface area contributed by atoms with Gasteiger partial charge in [0.1, 0.15) is 0 Å². The van der Waals surface area contributed by atoms with Gasteiger partial charge in [0, 0.05) is 6.04 Å². The summed E-state index contributed by atoms with van der Waals surface area (Å²) in [7, 11) is 0. The van der Waals surface area contributed by atoms with E-state index in [2.05, 4.69) is 12.2 Å². The second-order valence-electron chi connectivity index (χ2n) is 3.50. The topological polar surface area (TPSA) is 12.0 Å². The molecule has 0 spiro atoms. The molecule has 1 fully saturated rings. The van der Waals surface area contributed by atoms with E-state index in [0.29, 0.717) is 0 Å². The Hall–Kier alpha value is -0.0400. The molecule has 11 heavy (non-hydrogen) atoms. The summed E-state index contributed by atoms with van der Waals surface area (Å²) in [5.41, 5.74) is 0. The highest BCUT2D eigenvalue weighted by Gasteiger charge is 2.09. The van der Waals surface area contributed by atoms with Gasteiger partial charge in [-0.2, -0.15) is 0 Å². The molecule has 0 bridgehead atoms. The third-order valence-electron chi connectivity index (χ3n) is 2.46. The lowest BCUT2D eigenvalue weighted by molar-refractivity contribution is 0.466. The Kier molecular flexibility index (Phi) is 4.60. The molecule has 1 heteroatoms. The van der Waals surface area contributed by atoms with Crippen LogP contribution in [0.4, 0.5) is 0 Å². The van der Waals surface area contributed by atoms with Crippen LogP contribution in [-0.2, 0) is 0 Å². The molecule has 1 unspecified atom stereocenters. The minimum absolute atomic E-state index is 0.805. The van der Waals surface area contributed by atoms with E-state index < -0.39 is 0 Å². The largest absolute Gasteiger partial charge is 0.314 e. The molecule has 1 saturated heterocycles. The van der Waals surface area contributed by atoms with Gasteiger partial charge in [-0.05, 0) is 25.8 Å². The zero-order valence-corrected chi connectivity index (χ0v) is 7.44. The molecule has 0 aromatic carbocycles. The average molecular weight is 154 g/mol. The fraction of sp³-hybridized carbons (Fsp3) is 0.900. The van der Waals surface area contributed by atoms with Crippen LogP contribution < -0.4 is 5.32 Å². The zero-order chi connectivity index (χ0) is 7.94. The first-order chi connectivity index (χ1) is 5.43. The lowest BCUT2D eigenvalue weighted by atomic mass is 10.1. The van der Waals surface area contributed by atoms with Gasteiger partial charge in [0.05, 0.1) is 0 Å². The maximum atomic E-state index is 3.87. The minimum atomic E-state index is 0.805. The summed E-state index contributed by atoms with van der Waals surface area (Å²) in [4.78, 5) is 0. The molecule has 0 aromatic rings. The van der Waals surface area contributed by atoms with Crippen molar-refractivity contribution in [2.24, 2.45) is 0 Å². The molecular formula is C10H20N. The summed E-state index contributed by atoms with van der Waals surface area (Å²) >= 11 is 0. The monoisotopic (exact) mass is 154 g/mol. The summed E-state index contributed by atoms with van der Waals surface area (Å²) in [6.45, 7) is 5.10. The molecule has 0 amide bonds. The number of unbranched alkanes of at least 4 members (excludes halogenated alkanes) is 1. The highest BCUT2D eigenvalue weighted by atomic mass is 14.9. The van der Waals surface area contributed by atoms with Crippen LogP contribution in [0.2, 0.25) is 0 Å². The molecule has 1 atom stereocenters.